The predicted octanol–water partition coefficient (Wildman–Crippen LogP) is 4.84. The number of ether oxygens (including phenoxy) is 3. The van der Waals surface area contributed by atoms with Crippen LogP contribution in [-0.4, -0.2) is 40.2 Å². The lowest BCUT2D eigenvalue weighted by Gasteiger charge is -2.36. The molecular formula is C22H21Cl2FN4O3. The minimum atomic E-state index is -0.649. The van der Waals surface area contributed by atoms with Gasteiger partial charge in [0.15, 0.2) is 11.6 Å². The number of rotatable bonds is 5. The normalized spacial score (nSPS) is 20.3. The summed E-state index contributed by atoms with van der Waals surface area (Å²) in [5.74, 6) is -0.0263. The standard InChI is InChI=1S/C22H21Cl2FN4O3/c1-12(19-16(23)2-3-17(25)20(19)24)32-18-4-13(6-27-21(18)26)14-7-28-29(8-14)15-5-22(31-9-15)10-30-11-22/h2-4,6-8,12,15H,5,9-11H2,1H3,(H2,26,27)/t12-,15?/m1/s1. The van der Waals surface area contributed by atoms with E-state index in [-0.39, 0.29) is 22.5 Å². The second-order valence-electron chi connectivity index (χ2n) is 8.18. The molecule has 5 rings (SSSR count). The maximum absolute atomic E-state index is 13.9. The van der Waals surface area contributed by atoms with Crippen LogP contribution in [0.25, 0.3) is 11.1 Å². The quantitative estimate of drug-likeness (QED) is 0.527. The first-order valence-electron chi connectivity index (χ1n) is 10.2. The third-order valence-corrected chi connectivity index (χ3v) is 6.61. The molecular weight excluding hydrogens is 458 g/mol. The van der Waals surface area contributed by atoms with E-state index >= 15 is 0 Å². The fraction of sp³-hybridized carbons (Fsp3) is 0.364. The van der Waals surface area contributed by atoms with Crippen molar-refractivity contribution in [2.75, 3.05) is 25.6 Å². The molecule has 2 atom stereocenters. The molecule has 0 saturated carbocycles. The van der Waals surface area contributed by atoms with Gasteiger partial charge in [-0.2, -0.15) is 5.10 Å². The third kappa shape index (κ3) is 3.81. The molecule has 4 heterocycles. The Bertz CT molecular complexity index is 1170. The average Bonchev–Trinajstić information content (AvgIpc) is 3.40. The fourth-order valence-corrected chi connectivity index (χ4v) is 4.76. The Labute approximate surface area is 194 Å². The third-order valence-electron chi connectivity index (χ3n) is 5.90. The number of halogens is 3. The number of nitrogen functional groups attached to an aromatic ring is 1. The predicted molar refractivity (Wildman–Crippen MR) is 118 cm³/mol. The van der Waals surface area contributed by atoms with Crippen LogP contribution in [0.4, 0.5) is 10.2 Å². The molecule has 2 aliphatic rings. The molecule has 0 bridgehead atoms. The summed E-state index contributed by atoms with van der Waals surface area (Å²) >= 11 is 12.3. The molecule has 1 spiro atoms. The highest BCUT2D eigenvalue weighted by molar-refractivity contribution is 6.36. The molecule has 2 N–H and O–H groups in total. The molecule has 10 heteroatoms. The summed E-state index contributed by atoms with van der Waals surface area (Å²) in [6.45, 7) is 3.59. The lowest BCUT2D eigenvalue weighted by molar-refractivity contribution is -0.184. The van der Waals surface area contributed by atoms with Gasteiger partial charge in [-0.05, 0) is 25.1 Å². The van der Waals surface area contributed by atoms with Crippen LogP contribution in [0.3, 0.4) is 0 Å². The second-order valence-corrected chi connectivity index (χ2v) is 8.96. The van der Waals surface area contributed by atoms with Gasteiger partial charge in [-0.1, -0.05) is 23.2 Å². The summed E-state index contributed by atoms with van der Waals surface area (Å²) in [6.07, 6.45) is 5.60. The van der Waals surface area contributed by atoms with Crippen LogP contribution in [0.1, 0.15) is 31.1 Å². The van der Waals surface area contributed by atoms with Crippen LogP contribution >= 0.6 is 23.2 Å². The smallest absolute Gasteiger partial charge is 0.166 e. The van der Waals surface area contributed by atoms with Crippen LogP contribution in [0, 0.1) is 5.82 Å². The largest absolute Gasteiger partial charge is 0.482 e. The Morgan fingerprint density at radius 2 is 2.09 bits per heavy atom. The Hall–Kier alpha value is -2.39. The molecule has 7 nitrogen and oxygen atoms in total. The number of pyridine rings is 1. The summed E-state index contributed by atoms with van der Waals surface area (Å²) in [5, 5.41) is 4.74. The van der Waals surface area contributed by atoms with Gasteiger partial charge in [0.05, 0.1) is 37.1 Å². The first kappa shape index (κ1) is 21.5. The molecule has 3 aromatic rings. The zero-order valence-corrected chi connectivity index (χ0v) is 18.7. The molecule has 0 aliphatic carbocycles. The number of aromatic nitrogens is 3. The number of nitrogens with zero attached hydrogens (tertiary/aromatic N) is 3. The number of benzene rings is 1. The average molecular weight is 479 g/mol. The van der Waals surface area contributed by atoms with Crippen molar-refractivity contribution in [2.45, 2.75) is 31.1 Å². The van der Waals surface area contributed by atoms with Crippen LogP contribution in [0.2, 0.25) is 10.0 Å². The molecule has 1 aromatic carbocycles. The van der Waals surface area contributed by atoms with E-state index in [4.69, 9.17) is 43.1 Å². The van der Waals surface area contributed by atoms with Crippen LogP contribution < -0.4 is 10.5 Å². The second kappa shape index (κ2) is 8.19. The zero-order chi connectivity index (χ0) is 22.5. The van der Waals surface area contributed by atoms with E-state index < -0.39 is 11.9 Å². The number of hydrogen-bond acceptors (Lipinski definition) is 6. The SMILES string of the molecule is C[C@@H](Oc1cc(-c2cnn(C3COC4(COC4)C3)c2)cnc1N)c1c(Cl)ccc(F)c1Cl. The summed E-state index contributed by atoms with van der Waals surface area (Å²) in [4.78, 5) is 4.25. The van der Waals surface area contributed by atoms with Gasteiger partial charge in [0, 0.05) is 40.5 Å². The highest BCUT2D eigenvalue weighted by Gasteiger charge is 2.47. The highest BCUT2D eigenvalue weighted by Crippen LogP contribution is 2.39. The van der Waals surface area contributed by atoms with Gasteiger partial charge in [-0.3, -0.25) is 4.68 Å². The van der Waals surface area contributed by atoms with Crippen molar-refractivity contribution in [3.63, 3.8) is 0 Å². The first-order valence-corrected chi connectivity index (χ1v) is 10.9. The highest BCUT2D eigenvalue weighted by atomic mass is 35.5. The van der Waals surface area contributed by atoms with Gasteiger partial charge in [-0.15, -0.1) is 0 Å². The Balaban J connectivity index is 1.37. The van der Waals surface area contributed by atoms with Crippen molar-refractivity contribution in [2.24, 2.45) is 0 Å². The van der Waals surface area contributed by atoms with Crippen molar-refractivity contribution in [1.82, 2.24) is 14.8 Å². The van der Waals surface area contributed by atoms with E-state index in [9.17, 15) is 4.39 Å². The Morgan fingerprint density at radius 3 is 2.81 bits per heavy atom. The Morgan fingerprint density at radius 1 is 1.28 bits per heavy atom. The van der Waals surface area contributed by atoms with E-state index in [1.165, 1.54) is 12.1 Å². The number of hydrogen-bond donors (Lipinski definition) is 1. The number of nitrogens with two attached hydrogens (primary N) is 1. The minimum absolute atomic E-state index is 0.0811. The van der Waals surface area contributed by atoms with Crippen molar-refractivity contribution < 1.29 is 18.6 Å². The monoisotopic (exact) mass is 478 g/mol. The summed E-state index contributed by atoms with van der Waals surface area (Å²) in [6, 6.07) is 4.58. The van der Waals surface area contributed by atoms with E-state index in [2.05, 4.69) is 10.1 Å². The van der Waals surface area contributed by atoms with Gasteiger partial charge < -0.3 is 19.9 Å². The van der Waals surface area contributed by atoms with Gasteiger partial charge in [0.2, 0.25) is 0 Å². The number of anilines is 1. The van der Waals surface area contributed by atoms with Crippen molar-refractivity contribution >= 4 is 29.0 Å². The topological polar surface area (TPSA) is 84.4 Å². The van der Waals surface area contributed by atoms with Crippen molar-refractivity contribution in [3.05, 3.63) is 58.2 Å². The van der Waals surface area contributed by atoms with Crippen molar-refractivity contribution in [3.8, 4) is 16.9 Å². The lowest BCUT2D eigenvalue weighted by Crippen LogP contribution is -2.49. The Kier molecular flexibility index (Phi) is 5.49. The summed E-state index contributed by atoms with van der Waals surface area (Å²) in [5.41, 5.74) is 7.87. The summed E-state index contributed by atoms with van der Waals surface area (Å²) in [7, 11) is 0. The maximum atomic E-state index is 13.9. The van der Waals surface area contributed by atoms with E-state index in [0.717, 1.165) is 17.5 Å². The molecule has 2 aliphatic heterocycles. The minimum Gasteiger partial charge on any atom is -0.482 e. The maximum Gasteiger partial charge on any atom is 0.166 e. The van der Waals surface area contributed by atoms with Crippen LogP contribution in [-0.2, 0) is 9.47 Å². The summed E-state index contributed by atoms with van der Waals surface area (Å²) < 4.78 is 33.0. The van der Waals surface area contributed by atoms with E-state index in [0.29, 0.717) is 36.2 Å². The van der Waals surface area contributed by atoms with Gasteiger partial charge >= 0.3 is 0 Å². The molecule has 2 aromatic heterocycles. The van der Waals surface area contributed by atoms with Gasteiger partial charge in [0.25, 0.3) is 0 Å². The lowest BCUT2D eigenvalue weighted by atomic mass is 9.96. The fourth-order valence-electron chi connectivity index (χ4n) is 4.08. The van der Waals surface area contributed by atoms with Crippen LogP contribution in [0.15, 0.2) is 36.8 Å². The van der Waals surface area contributed by atoms with Gasteiger partial charge in [-0.25, -0.2) is 9.37 Å². The molecule has 168 valence electrons. The van der Waals surface area contributed by atoms with Crippen LogP contribution in [0.5, 0.6) is 5.75 Å². The molecule has 1 unspecified atom stereocenters. The van der Waals surface area contributed by atoms with Gasteiger partial charge in [0.1, 0.15) is 17.5 Å². The van der Waals surface area contributed by atoms with E-state index in [1.54, 1.807) is 25.4 Å². The van der Waals surface area contributed by atoms with Crippen molar-refractivity contribution in [1.29, 1.82) is 0 Å². The molecule has 2 fully saturated rings. The zero-order valence-electron chi connectivity index (χ0n) is 17.2. The molecule has 0 radical (unpaired) electrons. The molecule has 2 saturated heterocycles. The molecule has 0 amide bonds. The molecule has 32 heavy (non-hydrogen) atoms. The first-order chi connectivity index (χ1) is 15.3. The van der Waals surface area contributed by atoms with E-state index in [1.807, 2.05) is 10.9 Å².